The summed E-state index contributed by atoms with van der Waals surface area (Å²) < 4.78 is 12.5. The number of morpholine rings is 1. The lowest BCUT2D eigenvalue weighted by Gasteiger charge is -2.43. The second kappa shape index (κ2) is 10.4. The predicted octanol–water partition coefficient (Wildman–Crippen LogP) is 4.87. The molecule has 0 spiro atoms. The molecule has 34 heavy (non-hydrogen) atoms. The van der Waals surface area contributed by atoms with Crippen molar-refractivity contribution >= 4 is 28.4 Å². The van der Waals surface area contributed by atoms with E-state index in [0.29, 0.717) is 31.2 Å². The number of hydrogen-bond donors (Lipinski definition) is 1. The van der Waals surface area contributed by atoms with Crippen LogP contribution in [0.4, 0.5) is 0 Å². The van der Waals surface area contributed by atoms with Gasteiger partial charge in [-0.05, 0) is 66.6 Å². The number of nitrogens with zero attached hydrogens (tertiary/aromatic N) is 2. The van der Waals surface area contributed by atoms with Crippen LogP contribution in [-0.4, -0.2) is 65.7 Å². The molecule has 1 N–H and O–H groups in total. The number of ether oxygens (including phenoxy) is 2. The molecule has 0 unspecified atom stereocenters. The van der Waals surface area contributed by atoms with Crippen LogP contribution in [0.25, 0.3) is 10.9 Å². The van der Waals surface area contributed by atoms with Crippen molar-refractivity contribution in [2.75, 3.05) is 39.4 Å². The fourth-order valence-corrected chi connectivity index (χ4v) is 5.16. The van der Waals surface area contributed by atoms with E-state index in [1.807, 2.05) is 35.4 Å². The van der Waals surface area contributed by atoms with Gasteiger partial charge >= 0.3 is 0 Å². The number of piperidine rings is 1. The maximum atomic E-state index is 13.3. The lowest BCUT2D eigenvalue weighted by atomic mass is 9.95. The number of H-pyrrole nitrogens is 1. The summed E-state index contributed by atoms with van der Waals surface area (Å²) in [5, 5.41) is 1.88. The number of likely N-dealkylation sites (tertiary alicyclic amines) is 1. The van der Waals surface area contributed by atoms with Crippen LogP contribution in [0.5, 0.6) is 5.75 Å². The number of rotatable bonds is 7. The van der Waals surface area contributed by atoms with Gasteiger partial charge in [0.2, 0.25) is 5.91 Å². The molecular formula is C27H32ClN3O3. The van der Waals surface area contributed by atoms with E-state index < -0.39 is 5.60 Å². The van der Waals surface area contributed by atoms with Crippen molar-refractivity contribution in [2.45, 2.75) is 37.8 Å². The summed E-state index contributed by atoms with van der Waals surface area (Å²) in [7, 11) is 0. The van der Waals surface area contributed by atoms with Crippen LogP contribution in [0.2, 0.25) is 5.02 Å². The summed E-state index contributed by atoms with van der Waals surface area (Å²) in [6.07, 6.45) is 5.65. The normalized spacial score (nSPS) is 21.6. The Morgan fingerprint density at radius 1 is 1.06 bits per heavy atom. The summed E-state index contributed by atoms with van der Waals surface area (Å²) in [5.41, 5.74) is 1.69. The van der Waals surface area contributed by atoms with Crippen LogP contribution in [-0.2, 0) is 16.1 Å². The maximum absolute atomic E-state index is 13.3. The molecule has 5 rings (SSSR count). The largest absolute Gasteiger partial charge is 0.491 e. The number of aromatic nitrogens is 1. The zero-order chi connectivity index (χ0) is 23.4. The average Bonchev–Trinajstić information content (AvgIpc) is 3.32. The first kappa shape index (κ1) is 23.2. The van der Waals surface area contributed by atoms with E-state index in [1.165, 1.54) is 17.4 Å². The fourth-order valence-electron chi connectivity index (χ4n) is 5.03. The number of hydrogen-bond acceptors (Lipinski definition) is 4. The Hall–Kier alpha value is -2.54. The molecule has 2 aromatic carbocycles. The third-order valence-electron chi connectivity index (χ3n) is 6.85. The Labute approximate surface area is 205 Å². The number of amides is 1. The Bertz CT molecular complexity index is 1110. The molecule has 2 aliphatic heterocycles. The second-order valence-corrected chi connectivity index (χ2v) is 9.94. The molecule has 0 aliphatic carbocycles. The maximum Gasteiger partial charge on any atom is 0.225 e. The number of aromatic amines is 1. The van der Waals surface area contributed by atoms with Gasteiger partial charge in [0, 0.05) is 49.5 Å². The van der Waals surface area contributed by atoms with Crippen molar-refractivity contribution < 1.29 is 14.3 Å². The standard InChI is InChI=1S/C27H32ClN3O3/c28-23-6-8-24(9-7-23)33-20-27(17-26(32)31-12-2-1-3-13-31)19-30(14-15-34-27)18-21-4-5-22-10-11-29-25(22)16-21/h4-11,16,29H,1-3,12-15,17-20H2/t27-/m0/s1. The van der Waals surface area contributed by atoms with Gasteiger partial charge in [0.25, 0.3) is 0 Å². The van der Waals surface area contributed by atoms with E-state index in [-0.39, 0.29) is 5.91 Å². The van der Waals surface area contributed by atoms with Crippen molar-refractivity contribution in [3.63, 3.8) is 0 Å². The van der Waals surface area contributed by atoms with Crippen molar-refractivity contribution in [2.24, 2.45) is 0 Å². The minimum Gasteiger partial charge on any atom is -0.491 e. The number of fused-ring (bicyclic) bond motifs is 1. The van der Waals surface area contributed by atoms with E-state index in [0.717, 1.165) is 50.3 Å². The molecule has 3 aromatic rings. The van der Waals surface area contributed by atoms with E-state index in [9.17, 15) is 4.79 Å². The number of carbonyl (C=O) groups is 1. The van der Waals surface area contributed by atoms with Gasteiger partial charge in [-0.1, -0.05) is 23.7 Å². The summed E-state index contributed by atoms with van der Waals surface area (Å²) in [6, 6.07) is 16.0. The Kier molecular flexibility index (Phi) is 7.09. The van der Waals surface area contributed by atoms with Crippen molar-refractivity contribution in [1.29, 1.82) is 0 Å². The molecule has 0 saturated carbocycles. The van der Waals surface area contributed by atoms with E-state index in [4.69, 9.17) is 21.1 Å². The van der Waals surface area contributed by atoms with Crippen molar-refractivity contribution in [3.05, 3.63) is 65.3 Å². The van der Waals surface area contributed by atoms with Gasteiger partial charge in [0.1, 0.15) is 18.0 Å². The molecule has 3 heterocycles. The molecule has 1 aromatic heterocycles. The van der Waals surface area contributed by atoms with Crippen LogP contribution < -0.4 is 4.74 Å². The molecule has 2 aliphatic rings. The first-order valence-electron chi connectivity index (χ1n) is 12.2. The summed E-state index contributed by atoms with van der Waals surface area (Å²) in [4.78, 5) is 20.9. The molecule has 7 heteroatoms. The molecule has 2 fully saturated rings. The number of halogens is 1. The highest BCUT2D eigenvalue weighted by molar-refractivity contribution is 6.30. The third kappa shape index (κ3) is 5.57. The van der Waals surface area contributed by atoms with Crippen molar-refractivity contribution in [3.8, 4) is 5.75 Å². The minimum absolute atomic E-state index is 0.161. The monoisotopic (exact) mass is 481 g/mol. The lowest BCUT2D eigenvalue weighted by Crippen LogP contribution is -2.57. The highest BCUT2D eigenvalue weighted by atomic mass is 35.5. The van der Waals surface area contributed by atoms with E-state index >= 15 is 0 Å². The van der Waals surface area contributed by atoms with E-state index in [2.05, 4.69) is 34.1 Å². The molecule has 180 valence electrons. The van der Waals surface area contributed by atoms with Gasteiger partial charge in [0.15, 0.2) is 0 Å². The van der Waals surface area contributed by atoms with Crippen LogP contribution in [0.1, 0.15) is 31.2 Å². The molecule has 0 bridgehead atoms. The molecule has 1 amide bonds. The van der Waals surface area contributed by atoms with E-state index in [1.54, 1.807) is 0 Å². The second-order valence-electron chi connectivity index (χ2n) is 9.50. The van der Waals surface area contributed by atoms with Gasteiger partial charge in [-0.3, -0.25) is 9.69 Å². The molecule has 0 radical (unpaired) electrons. The first-order valence-corrected chi connectivity index (χ1v) is 12.5. The topological polar surface area (TPSA) is 57.8 Å². The number of benzene rings is 2. The van der Waals surface area contributed by atoms with Gasteiger partial charge in [-0.15, -0.1) is 0 Å². The summed E-state index contributed by atoms with van der Waals surface area (Å²) in [6.45, 7) is 4.84. The zero-order valence-electron chi connectivity index (χ0n) is 19.5. The SMILES string of the molecule is O=C(C[C@@]1(COc2ccc(Cl)cc2)CN(Cc2ccc3cc[nH]c3c2)CCO1)N1CCCCC1. The zero-order valence-corrected chi connectivity index (χ0v) is 20.2. The highest BCUT2D eigenvalue weighted by Crippen LogP contribution is 2.28. The quantitative estimate of drug-likeness (QED) is 0.523. The number of nitrogens with one attached hydrogen (secondary N) is 1. The average molecular weight is 482 g/mol. The lowest BCUT2D eigenvalue weighted by molar-refractivity contribution is -0.157. The van der Waals surface area contributed by atoms with Gasteiger partial charge < -0.3 is 19.4 Å². The van der Waals surface area contributed by atoms with Crippen LogP contribution in [0.3, 0.4) is 0 Å². The van der Waals surface area contributed by atoms with Crippen molar-refractivity contribution in [1.82, 2.24) is 14.8 Å². The van der Waals surface area contributed by atoms with Crippen LogP contribution in [0.15, 0.2) is 54.7 Å². The Balaban J connectivity index is 1.32. The van der Waals surface area contributed by atoms with Gasteiger partial charge in [-0.2, -0.15) is 0 Å². The Morgan fingerprint density at radius 2 is 1.88 bits per heavy atom. The first-order chi connectivity index (χ1) is 16.6. The fraction of sp³-hybridized carbons (Fsp3) is 0.444. The molecule has 2 saturated heterocycles. The van der Waals surface area contributed by atoms with Crippen LogP contribution in [0, 0.1) is 0 Å². The van der Waals surface area contributed by atoms with Gasteiger partial charge in [0.05, 0.1) is 13.0 Å². The van der Waals surface area contributed by atoms with Crippen LogP contribution >= 0.6 is 11.6 Å². The summed E-state index contributed by atoms with van der Waals surface area (Å²) >= 11 is 6.03. The molecular weight excluding hydrogens is 450 g/mol. The summed E-state index contributed by atoms with van der Waals surface area (Å²) in [5.74, 6) is 0.890. The molecule has 1 atom stereocenters. The smallest absolute Gasteiger partial charge is 0.225 e. The highest BCUT2D eigenvalue weighted by Gasteiger charge is 2.41. The minimum atomic E-state index is -0.692. The predicted molar refractivity (Wildman–Crippen MR) is 134 cm³/mol. The number of carbonyl (C=O) groups excluding carboxylic acids is 1. The third-order valence-corrected chi connectivity index (χ3v) is 7.10. The Morgan fingerprint density at radius 3 is 2.71 bits per heavy atom. The van der Waals surface area contributed by atoms with Gasteiger partial charge in [-0.25, -0.2) is 0 Å². The molecule has 6 nitrogen and oxygen atoms in total.